The number of carbonyl (C=O) groups excluding carboxylic acids is 1. The second-order valence-electron chi connectivity index (χ2n) is 6.52. The lowest BCUT2D eigenvalue weighted by atomic mass is 10.0. The van der Waals surface area contributed by atoms with Crippen LogP contribution in [0.2, 0.25) is 0 Å². The number of aryl methyl sites for hydroxylation is 1. The molecule has 0 bridgehead atoms. The van der Waals surface area contributed by atoms with Crippen molar-refractivity contribution in [3.8, 4) is 0 Å². The molecule has 1 amide bonds. The number of aliphatic imine (C=N–C) groups is 1. The molecule has 0 radical (unpaired) electrons. The van der Waals surface area contributed by atoms with Crippen molar-refractivity contribution in [1.29, 1.82) is 0 Å². The maximum Gasteiger partial charge on any atom is 0.237 e. The quantitative estimate of drug-likeness (QED) is 0.385. The van der Waals surface area contributed by atoms with Gasteiger partial charge >= 0.3 is 0 Å². The maximum atomic E-state index is 11.6. The molecule has 3 N–H and O–H groups in total. The topological polar surface area (TPSA) is 74.0 Å². The van der Waals surface area contributed by atoms with Crippen molar-refractivity contribution in [1.82, 2.24) is 15.1 Å². The number of piperazine rings is 1. The fraction of sp³-hybridized carbons (Fsp3) is 0.647. The lowest BCUT2D eigenvalue weighted by Crippen LogP contribution is -2.61. The molecule has 0 atom stereocenters. The van der Waals surface area contributed by atoms with E-state index in [1.165, 1.54) is 9.75 Å². The van der Waals surface area contributed by atoms with Crippen LogP contribution < -0.4 is 11.1 Å². The van der Waals surface area contributed by atoms with Crippen molar-refractivity contribution < 1.29 is 4.79 Å². The van der Waals surface area contributed by atoms with Crippen LogP contribution >= 0.6 is 35.3 Å². The van der Waals surface area contributed by atoms with Crippen LogP contribution in [-0.4, -0.2) is 60.4 Å². The minimum atomic E-state index is -0.601. The highest BCUT2D eigenvalue weighted by Crippen LogP contribution is 2.18. The number of nitrogens with zero attached hydrogens (tertiary/aromatic N) is 3. The summed E-state index contributed by atoms with van der Waals surface area (Å²) in [7, 11) is 1.81. The molecule has 0 aliphatic carbocycles. The second kappa shape index (κ2) is 9.72. The van der Waals surface area contributed by atoms with Gasteiger partial charge in [0.2, 0.25) is 5.91 Å². The molecule has 0 saturated carbocycles. The standard InChI is InChI=1S/C17H29N5OS.HI/c1-5-13-6-7-14(24-13)12-20-16(19-4)21-8-10-22(11-9-21)17(2,3)15(18)23;/h6-7H,5,8-12H2,1-4H3,(H2,18,23)(H,19,20);1H. The minimum Gasteiger partial charge on any atom is -0.368 e. The predicted octanol–water partition coefficient (Wildman–Crippen LogP) is 1.89. The summed E-state index contributed by atoms with van der Waals surface area (Å²) >= 11 is 1.84. The molecule has 0 unspecified atom stereocenters. The molecule has 8 heteroatoms. The minimum absolute atomic E-state index is 0. The van der Waals surface area contributed by atoms with Crippen molar-refractivity contribution in [2.75, 3.05) is 33.2 Å². The van der Waals surface area contributed by atoms with E-state index >= 15 is 0 Å². The Morgan fingerprint density at radius 1 is 1.28 bits per heavy atom. The highest BCUT2D eigenvalue weighted by atomic mass is 127. The summed E-state index contributed by atoms with van der Waals surface area (Å²) in [6.07, 6.45) is 1.08. The Morgan fingerprint density at radius 2 is 1.88 bits per heavy atom. The average Bonchev–Trinajstić information content (AvgIpc) is 3.04. The van der Waals surface area contributed by atoms with Gasteiger partial charge in [-0.2, -0.15) is 0 Å². The van der Waals surface area contributed by atoms with Crippen LogP contribution in [0, 0.1) is 0 Å². The average molecular weight is 479 g/mol. The number of guanidine groups is 1. The fourth-order valence-electron chi connectivity index (χ4n) is 2.84. The molecule has 2 rings (SSSR count). The molecule has 6 nitrogen and oxygen atoms in total. The molecule has 0 spiro atoms. The van der Waals surface area contributed by atoms with E-state index in [1.807, 2.05) is 32.2 Å². The molecule has 1 aromatic rings. The fourth-order valence-corrected chi connectivity index (χ4v) is 3.74. The summed E-state index contributed by atoms with van der Waals surface area (Å²) < 4.78 is 0. The Kier molecular flexibility index (Phi) is 8.62. The van der Waals surface area contributed by atoms with Crippen molar-refractivity contribution in [2.24, 2.45) is 10.7 Å². The van der Waals surface area contributed by atoms with Crippen molar-refractivity contribution in [3.05, 3.63) is 21.9 Å². The van der Waals surface area contributed by atoms with Gasteiger partial charge in [0.15, 0.2) is 5.96 Å². The first-order chi connectivity index (χ1) is 11.4. The molecule has 1 aromatic heterocycles. The van der Waals surface area contributed by atoms with Gasteiger partial charge in [0.1, 0.15) is 0 Å². The van der Waals surface area contributed by atoms with Crippen LogP contribution in [0.15, 0.2) is 17.1 Å². The first-order valence-corrected chi connectivity index (χ1v) is 9.28. The second-order valence-corrected chi connectivity index (χ2v) is 7.77. The van der Waals surface area contributed by atoms with Gasteiger partial charge in [-0.3, -0.25) is 14.7 Å². The lowest BCUT2D eigenvalue weighted by Gasteiger charge is -2.43. The third kappa shape index (κ3) is 5.55. The molecule has 25 heavy (non-hydrogen) atoms. The SMILES string of the molecule is CCc1ccc(CNC(=NC)N2CCN(C(C)(C)C(N)=O)CC2)s1.I. The van der Waals surface area contributed by atoms with E-state index in [0.717, 1.165) is 45.1 Å². The van der Waals surface area contributed by atoms with Gasteiger partial charge in [0, 0.05) is 43.0 Å². The molecule has 0 aromatic carbocycles. The highest BCUT2D eigenvalue weighted by molar-refractivity contribution is 14.0. The van der Waals surface area contributed by atoms with E-state index in [4.69, 9.17) is 5.73 Å². The van der Waals surface area contributed by atoms with Gasteiger partial charge in [-0.1, -0.05) is 6.92 Å². The molecule has 142 valence electrons. The molecule has 1 aliphatic rings. The Labute approximate surface area is 171 Å². The van der Waals surface area contributed by atoms with Crippen molar-refractivity contribution in [2.45, 2.75) is 39.3 Å². The zero-order valence-corrected chi connectivity index (χ0v) is 18.7. The van der Waals surface area contributed by atoms with E-state index in [9.17, 15) is 4.79 Å². The molecule has 1 fully saturated rings. The molecular formula is C17H30IN5OS. The number of primary amides is 1. The molecular weight excluding hydrogens is 449 g/mol. The summed E-state index contributed by atoms with van der Waals surface area (Å²) in [5.41, 5.74) is 4.92. The Bertz CT molecular complexity index is 594. The number of carbonyl (C=O) groups is 1. The maximum absolute atomic E-state index is 11.6. The zero-order chi connectivity index (χ0) is 17.7. The van der Waals surface area contributed by atoms with Crippen LogP contribution in [0.3, 0.4) is 0 Å². The highest BCUT2D eigenvalue weighted by Gasteiger charge is 2.35. The Morgan fingerprint density at radius 3 is 2.36 bits per heavy atom. The number of thiophene rings is 1. The lowest BCUT2D eigenvalue weighted by molar-refractivity contribution is -0.129. The van der Waals surface area contributed by atoms with Gasteiger partial charge in [-0.25, -0.2) is 0 Å². The number of hydrogen-bond acceptors (Lipinski definition) is 4. The van der Waals surface area contributed by atoms with E-state index in [-0.39, 0.29) is 29.9 Å². The number of rotatable bonds is 5. The van der Waals surface area contributed by atoms with E-state index in [1.54, 1.807) is 0 Å². The molecule has 1 saturated heterocycles. The van der Waals surface area contributed by atoms with Gasteiger partial charge < -0.3 is 16.0 Å². The van der Waals surface area contributed by atoms with Gasteiger partial charge in [0.05, 0.1) is 12.1 Å². The van der Waals surface area contributed by atoms with Crippen LogP contribution in [0.25, 0.3) is 0 Å². The van der Waals surface area contributed by atoms with Crippen molar-refractivity contribution >= 4 is 47.2 Å². The molecule has 1 aliphatic heterocycles. The van der Waals surface area contributed by atoms with E-state index in [2.05, 4.69) is 39.2 Å². The van der Waals surface area contributed by atoms with Crippen LogP contribution in [0.5, 0.6) is 0 Å². The summed E-state index contributed by atoms with van der Waals surface area (Å²) in [6, 6.07) is 4.37. The number of nitrogens with two attached hydrogens (primary N) is 1. The summed E-state index contributed by atoms with van der Waals surface area (Å²) in [5, 5.41) is 3.45. The largest absolute Gasteiger partial charge is 0.368 e. The number of amides is 1. The summed E-state index contributed by atoms with van der Waals surface area (Å²) in [4.78, 5) is 23.1. The number of hydrogen-bond donors (Lipinski definition) is 2. The number of halogens is 1. The Balaban J connectivity index is 0.00000312. The normalized spacial score (nSPS) is 16.5. The van der Waals surface area contributed by atoms with Gasteiger partial charge in [0.25, 0.3) is 0 Å². The summed E-state index contributed by atoms with van der Waals surface area (Å²) in [5.74, 6) is 0.640. The summed E-state index contributed by atoms with van der Waals surface area (Å²) in [6.45, 7) is 10.0. The monoisotopic (exact) mass is 479 g/mol. The first-order valence-electron chi connectivity index (χ1n) is 8.46. The third-order valence-electron chi connectivity index (χ3n) is 4.67. The van der Waals surface area contributed by atoms with Crippen LogP contribution in [0.4, 0.5) is 0 Å². The zero-order valence-electron chi connectivity index (χ0n) is 15.5. The predicted molar refractivity (Wildman–Crippen MR) is 116 cm³/mol. The van der Waals surface area contributed by atoms with Crippen molar-refractivity contribution in [3.63, 3.8) is 0 Å². The van der Waals surface area contributed by atoms with E-state index < -0.39 is 5.54 Å². The van der Waals surface area contributed by atoms with Crippen LogP contribution in [0.1, 0.15) is 30.5 Å². The van der Waals surface area contributed by atoms with Gasteiger partial charge in [-0.05, 0) is 32.4 Å². The molecule has 2 heterocycles. The third-order valence-corrected chi connectivity index (χ3v) is 5.90. The number of nitrogens with one attached hydrogen (secondary N) is 1. The van der Waals surface area contributed by atoms with Gasteiger partial charge in [-0.15, -0.1) is 35.3 Å². The van der Waals surface area contributed by atoms with E-state index in [0.29, 0.717) is 0 Å². The smallest absolute Gasteiger partial charge is 0.237 e. The van der Waals surface area contributed by atoms with Crippen LogP contribution in [-0.2, 0) is 17.8 Å². The Hall–Kier alpha value is -0.870. The first kappa shape index (κ1) is 22.2.